The van der Waals surface area contributed by atoms with Gasteiger partial charge in [-0.25, -0.2) is 19.2 Å². The Kier molecular flexibility index (Phi) is 4.44. The van der Waals surface area contributed by atoms with E-state index in [1.54, 1.807) is 12.1 Å². The molecule has 1 heterocycles. The van der Waals surface area contributed by atoms with Gasteiger partial charge in [-0.05, 0) is 40.5 Å². The molecular formula is C14H12BrFN2O2. The van der Waals surface area contributed by atoms with E-state index in [4.69, 9.17) is 5.11 Å². The molecule has 0 aliphatic rings. The minimum absolute atomic E-state index is 0.108. The Morgan fingerprint density at radius 2 is 2.20 bits per heavy atom. The summed E-state index contributed by atoms with van der Waals surface area (Å²) in [7, 11) is 0. The van der Waals surface area contributed by atoms with Gasteiger partial charge in [0, 0.05) is 11.8 Å². The van der Waals surface area contributed by atoms with Crippen LogP contribution in [0.2, 0.25) is 0 Å². The van der Waals surface area contributed by atoms with Crippen molar-refractivity contribution >= 4 is 21.9 Å². The van der Waals surface area contributed by atoms with Gasteiger partial charge in [0.1, 0.15) is 5.82 Å². The van der Waals surface area contributed by atoms with Crippen LogP contribution in [0.5, 0.6) is 0 Å². The van der Waals surface area contributed by atoms with Crippen molar-refractivity contribution in [2.75, 3.05) is 0 Å². The van der Waals surface area contributed by atoms with Crippen LogP contribution >= 0.6 is 15.9 Å². The van der Waals surface area contributed by atoms with E-state index in [-0.39, 0.29) is 11.4 Å². The van der Waals surface area contributed by atoms with Crippen molar-refractivity contribution in [1.29, 1.82) is 0 Å². The number of hydrogen-bond donors (Lipinski definition) is 1. The van der Waals surface area contributed by atoms with Crippen LogP contribution in [-0.4, -0.2) is 21.0 Å². The van der Waals surface area contributed by atoms with E-state index < -0.39 is 5.97 Å². The molecule has 0 spiro atoms. The first kappa shape index (κ1) is 14.6. The number of nitrogens with zero attached hydrogens (tertiary/aromatic N) is 2. The Bertz CT molecular complexity index is 662. The molecular weight excluding hydrogens is 327 g/mol. The standard InChI is InChI=1S/C14H12BrFN2O2/c1-2-3-12-9(14(19)20)7-17-13(18-12)8-4-5-11(16)10(15)6-8/h4-7H,2-3H2,1H3,(H,19,20). The van der Waals surface area contributed by atoms with E-state index in [0.717, 1.165) is 6.42 Å². The molecule has 0 aliphatic carbocycles. The lowest BCUT2D eigenvalue weighted by atomic mass is 10.1. The van der Waals surface area contributed by atoms with Crippen molar-refractivity contribution in [2.24, 2.45) is 0 Å². The summed E-state index contributed by atoms with van der Waals surface area (Å²) < 4.78 is 13.5. The van der Waals surface area contributed by atoms with Gasteiger partial charge in [0.25, 0.3) is 0 Å². The average molecular weight is 339 g/mol. The second-order valence-electron chi connectivity index (χ2n) is 4.24. The quantitative estimate of drug-likeness (QED) is 0.923. The molecule has 0 amide bonds. The molecule has 0 bridgehead atoms. The van der Waals surface area contributed by atoms with Gasteiger partial charge in [-0.15, -0.1) is 0 Å². The smallest absolute Gasteiger partial charge is 0.339 e. The van der Waals surface area contributed by atoms with Crippen molar-refractivity contribution in [3.63, 3.8) is 0 Å². The maximum atomic E-state index is 13.2. The molecule has 1 aromatic heterocycles. The van der Waals surface area contributed by atoms with Crippen LogP contribution in [0.25, 0.3) is 11.4 Å². The molecule has 20 heavy (non-hydrogen) atoms. The molecule has 0 saturated heterocycles. The molecule has 2 aromatic rings. The zero-order chi connectivity index (χ0) is 14.7. The predicted octanol–water partition coefficient (Wildman–Crippen LogP) is 3.70. The van der Waals surface area contributed by atoms with Crippen molar-refractivity contribution in [3.8, 4) is 11.4 Å². The first-order valence-corrected chi connectivity index (χ1v) is 6.87. The van der Waals surface area contributed by atoms with E-state index in [2.05, 4.69) is 25.9 Å². The van der Waals surface area contributed by atoms with E-state index in [1.165, 1.54) is 12.3 Å². The SMILES string of the molecule is CCCc1nc(-c2ccc(F)c(Br)c2)ncc1C(=O)O. The number of aryl methyl sites for hydroxylation is 1. The molecule has 0 unspecified atom stereocenters. The number of aromatic nitrogens is 2. The van der Waals surface area contributed by atoms with Crippen LogP contribution in [0.4, 0.5) is 4.39 Å². The summed E-state index contributed by atoms with van der Waals surface area (Å²) in [6.07, 6.45) is 2.64. The molecule has 2 rings (SSSR count). The first-order chi connectivity index (χ1) is 9.52. The molecule has 104 valence electrons. The lowest BCUT2D eigenvalue weighted by molar-refractivity contribution is 0.0694. The molecule has 0 saturated carbocycles. The van der Waals surface area contributed by atoms with Gasteiger partial charge in [-0.3, -0.25) is 0 Å². The van der Waals surface area contributed by atoms with E-state index in [0.29, 0.717) is 28.0 Å². The molecule has 0 atom stereocenters. The number of carbonyl (C=O) groups is 1. The van der Waals surface area contributed by atoms with Crippen molar-refractivity contribution in [2.45, 2.75) is 19.8 Å². The number of halogens is 2. The minimum Gasteiger partial charge on any atom is -0.478 e. The molecule has 0 aliphatic heterocycles. The van der Waals surface area contributed by atoms with Gasteiger partial charge in [0.15, 0.2) is 5.82 Å². The third-order valence-corrected chi connectivity index (χ3v) is 3.37. The van der Waals surface area contributed by atoms with E-state index >= 15 is 0 Å². The fourth-order valence-corrected chi connectivity index (χ4v) is 2.18. The fraction of sp³-hybridized carbons (Fsp3) is 0.214. The normalized spacial score (nSPS) is 10.6. The van der Waals surface area contributed by atoms with Crippen LogP contribution in [-0.2, 0) is 6.42 Å². The van der Waals surface area contributed by atoms with Crippen LogP contribution in [0, 0.1) is 5.82 Å². The maximum absolute atomic E-state index is 13.2. The van der Waals surface area contributed by atoms with Crippen LogP contribution < -0.4 is 0 Å². The minimum atomic E-state index is -1.04. The third-order valence-electron chi connectivity index (χ3n) is 2.76. The lowest BCUT2D eigenvalue weighted by Gasteiger charge is -2.07. The lowest BCUT2D eigenvalue weighted by Crippen LogP contribution is -2.07. The molecule has 6 heteroatoms. The largest absolute Gasteiger partial charge is 0.478 e. The molecule has 4 nitrogen and oxygen atoms in total. The van der Waals surface area contributed by atoms with Crippen LogP contribution in [0.15, 0.2) is 28.9 Å². The molecule has 1 N–H and O–H groups in total. The average Bonchev–Trinajstić information content (AvgIpc) is 2.42. The zero-order valence-corrected chi connectivity index (χ0v) is 12.3. The summed E-state index contributed by atoms with van der Waals surface area (Å²) in [5.74, 6) is -1.02. The summed E-state index contributed by atoms with van der Waals surface area (Å²) in [4.78, 5) is 19.4. The first-order valence-electron chi connectivity index (χ1n) is 6.07. The second-order valence-corrected chi connectivity index (χ2v) is 5.09. The fourth-order valence-electron chi connectivity index (χ4n) is 1.80. The van der Waals surface area contributed by atoms with Crippen molar-refractivity contribution in [1.82, 2.24) is 9.97 Å². The van der Waals surface area contributed by atoms with Crippen molar-refractivity contribution < 1.29 is 14.3 Å². The number of carboxylic acids is 1. The Hall–Kier alpha value is -1.82. The summed E-state index contributed by atoms with van der Waals surface area (Å²) in [6.45, 7) is 1.95. The molecule has 0 fully saturated rings. The number of rotatable bonds is 4. The third kappa shape index (κ3) is 3.01. The summed E-state index contributed by atoms with van der Waals surface area (Å²) in [6, 6.07) is 4.44. The van der Waals surface area contributed by atoms with Gasteiger partial charge >= 0.3 is 5.97 Å². The molecule has 0 radical (unpaired) electrons. The van der Waals surface area contributed by atoms with Gasteiger partial charge < -0.3 is 5.11 Å². The Morgan fingerprint density at radius 3 is 2.80 bits per heavy atom. The summed E-state index contributed by atoms with van der Waals surface area (Å²) >= 11 is 3.11. The zero-order valence-electron chi connectivity index (χ0n) is 10.7. The second kappa shape index (κ2) is 6.09. The highest BCUT2D eigenvalue weighted by atomic mass is 79.9. The Balaban J connectivity index is 2.49. The summed E-state index contributed by atoms with van der Waals surface area (Å²) in [5, 5.41) is 9.10. The summed E-state index contributed by atoms with van der Waals surface area (Å²) in [5.41, 5.74) is 1.23. The van der Waals surface area contributed by atoms with Crippen LogP contribution in [0.3, 0.4) is 0 Å². The van der Waals surface area contributed by atoms with Crippen LogP contribution in [0.1, 0.15) is 29.4 Å². The van der Waals surface area contributed by atoms with Gasteiger partial charge in [0.2, 0.25) is 0 Å². The number of benzene rings is 1. The van der Waals surface area contributed by atoms with Gasteiger partial charge in [-0.1, -0.05) is 13.3 Å². The van der Waals surface area contributed by atoms with E-state index in [9.17, 15) is 9.18 Å². The highest BCUT2D eigenvalue weighted by molar-refractivity contribution is 9.10. The molecule has 1 aromatic carbocycles. The number of aromatic carboxylic acids is 1. The van der Waals surface area contributed by atoms with Gasteiger partial charge in [-0.2, -0.15) is 0 Å². The number of carboxylic acid groups (broad SMARTS) is 1. The highest BCUT2D eigenvalue weighted by Gasteiger charge is 2.14. The topological polar surface area (TPSA) is 63.1 Å². The predicted molar refractivity (Wildman–Crippen MR) is 76.1 cm³/mol. The van der Waals surface area contributed by atoms with Gasteiger partial charge in [0.05, 0.1) is 15.7 Å². The number of hydrogen-bond acceptors (Lipinski definition) is 3. The Morgan fingerprint density at radius 1 is 1.45 bits per heavy atom. The Labute approximate surface area is 123 Å². The maximum Gasteiger partial charge on any atom is 0.339 e. The van der Waals surface area contributed by atoms with E-state index in [1.807, 2.05) is 6.92 Å². The highest BCUT2D eigenvalue weighted by Crippen LogP contribution is 2.23. The van der Waals surface area contributed by atoms with Crippen molar-refractivity contribution in [3.05, 3.63) is 45.9 Å². The monoisotopic (exact) mass is 338 g/mol.